The van der Waals surface area contributed by atoms with E-state index in [4.69, 9.17) is 28.9 Å². The zero-order valence-corrected chi connectivity index (χ0v) is 40.1. The first kappa shape index (κ1) is 28.4. The molecule has 0 amide bonds. The minimum Gasteiger partial charge on any atom is -0.508 e. The van der Waals surface area contributed by atoms with E-state index in [0.29, 0.717) is 38.7 Å². The molecule has 0 aliphatic carbocycles. The molecule has 0 saturated heterocycles. The Bertz CT molecular complexity index is 5020. The number of para-hydroxylation sites is 6. The summed E-state index contributed by atoms with van der Waals surface area (Å²) in [6, 6.07) is 26.0. The van der Waals surface area contributed by atoms with E-state index in [1.807, 2.05) is 41.0 Å². The van der Waals surface area contributed by atoms with Crippen LogP contribution in [0.2, 0.25) is 0 Å². The Hall–Kier alpha value is -8.31. The number of aromatic nitrogens is 5. The Morgan fingerprint density at radius 2 is 1.18 bits per heavy atom. The Morgan fingerprint density at radius 3 is 1.87 bits per heavy atom. The van der Waals surface area contributed by atoms with Crippen LogP contribution in [-0.2, 0) is 26.5 Å². The van der Waals surface area contributed by atoms with Gasteiger partial charge in [-0.1, -0.05) is 189 Å². The van der Waals surface area contributed by atoms with Gasteiger partial charge in [-0.15, -0.1) is 24.3 Å². The van der Waals surface area contributed by atoms with Crippen LogP contribution in [0.4, 0.5) is 0 Å². The molecule has 0 fully saturated rings. The predicted molar refractivity (Wildman–Crippen MR) is 284 cm³/mol. The molecule has 7 heteroatoms. The fourth-order valence-electron chi connectivity index (χ4n) is 9.16. The van der Waals surface area contributed by atoms with Crippen molar-refractivity contribution >= 4 is 54.6 Å². The van der Waals surface area contributed by atoms with Crippen molar-refractivity contribution < 1.29 is 55.0 Å². The fourth-order valence-corrected chi connectivity index (χ4v) is 9.16. The van der Waals surface area contributed by atoms with E-state index in [-0.39, 0.29) is 99.1 Å². The second-order valence-corrected chi connectivity index (χ2v) is 17.5. The molecule has 9 aromatic carbocycles. The average Bonchev–Trinajstić information content (AvgIpc) is 1.72. The van der Waals surface area contributed by atoms with Crippen molar-refractivity contribution in [1.82, 2.24) is 18.7 Å². The fraction of sp³-hybridized carbons (Fsp3) is 0.0625. The largest absolute Gasteiger partial charge is 0.508 e. The number of hydrogen-bond acceptors (Lipinski definition) is 2. The van der Waals surface area contributed by atoms with Crippen molar-refractivity contribution in [2.75, 3.05) is 0 Å². The zero-order valence-electron chi connectivity index (χ0n) is 55.9. The van der Waals surface area contributed by atoms with E-state index in [0.717, 1.165) is 5.56 Å². The summed E-state index contributed by atoms with van der Waals surface area (Å²) in [7, 11) is 0. The van der Waals surface area contributed by atoms with Crippen molar-refractivity contribution in [3.63, 3.8) is 0 Å². The molecule has 0 atom stereocenters. The van der Waals surface area contributed by atoms with Crippen LogP contribution in [-0.4, -0.2) is 18.7 Å². The molecular formula is C64H45N5OPt-2. The van der Waals surface area contributed by atoms with E-state index < -0.39 is 109 Å². The Labute approximate surface area is 451 Å². The number of imidazole rings is 1. The number of ether oxygens (including phenoxy) is 1. The first-order valence-electron chi connectivity index (χ1n) is 31.2. The molecule has 0 aliphatic rings. The number of pyridine rings is 1. The van der Waals surface area contributed by atoms with Crippen molar-refractivity contribution in [3.8, 4) is 56.6 Å². The van der Waals surface area contributed by atoms with Crippen LogP contribution in [0.3, 0.4) is 0 Å². The monoisotopic (exact) mass is 1110 g/mol. The van der Waals surface area contributed by atoms with Gasteiger partial charge >= 0.3 is 0 Å². The smallest absolute Gasteiger partial charge is 0.268 e. The van der Waals surface area contributed by atoms with Gasteiger partial charge in [-0.25, -0.2) is 4.98 Å². The van der Waals surface area contributed by atoms with Crippen molar-refractivity contribution in [3.05, 3.63) is 242 Å². The third-order valence-corrected chi connectivity index (χ3v) is 12.3. The Morgan fingerprint density at radius 1 is 0.563 bits per heavy atom. The summed E-state index contributed by atoms with van der Waals surface area (Å²) < 4.78 is 174. The molecule has 0 spiro atoms. The Balaban J connectivity index is 0.00000769. The van der Waals surface area contributed by atoms with Gasteiger partial charge in [-0.05, 0) is 80.3 Å². The van der Waals surface area contributed by atoms with Gasteiger partial charge in [0.25, 0.3) is 6.33 Å². The number of nitrogens with zero attached hydrogens (tertiary/aromatic N) is 5. The van der Waals surface area contributed by atoms with E-state index >= 15 is 0 Å². The maximum atomic E-state index is 9.45. The van der Waals surface area contributed by atoms with Crippen LogP contribution < -0.4 is 9.30 Å². The van der Waals surface area contributed by atoms with E-state index in [1.165, 1.54) is 27.3 Å². The second kappa shape index (κ2) is 17.6. The third kappa shape index (κ3) is 7.46. The van der Waals surface area contributed by atoms with E-state index in [9.17, 15) is 5.48 Å². The first-order chi connectivity index (χ1) is 41.8. The summed E-state index contributed by atoms with van der Waals surface area (Å²) in [6.07, 6.45) is 5.08. The quantitative estimate of drug-likeness (QED) is 0.112. The number of fused-ring (bicyclic) bond motifs is 7. The summed E-state index contributed by atoms with van der Waals surface area (Å²) in [6.45, 7) is 6.25. The minimum absolute atomic E-state index is 0. The molecule has 0 bridgehead atoms. The van der Waals surface area contributed by atoms with Gasteiger partial charge in [0, 0.05) is 66.1 Å². The van der Waals surface area contributed by atoms with Gasteiger partial charge in [0.15, 0.2) is 0 Å². The van der Waals surface area contributed by atoms with Gasteiger partial charge in [0.1, 0.15) is 5.82 Å². The number of hydrogen-bond donors (Lipinski definition) is 0. The third-order valence-electron chi connectivity index (χ3n) is 12.3. The minimum atomic E-state index is -0.638. The van der Waals surface area contributed by atoms with Crippen molar-refractivity contribution in [2.45, 2.75) is 26.2 Å². The molecule has 0 unspecified atom stereocenters. The summed E-state index contributed by atoms with van der Waals surface area (Å²) in [5, 5.41) is 0.989. The number of rotatable bonds is 8. The SMILES string of the molecule is [2H]c1c([2H])c([2H])c(-c2cccc(-c3c([2H])c([2H])c([2H])c([2H])c3[2H])c2-[n+]2[c-]n(-c3[c-]c(Oc4[c-]c5c(cc4-n4c6c([2H])c([2H])c([2H])c([2H])c6c6c([2H])c([2H])c([2H])c([2H])c64)c4ccccc4n5-c4cc(C(C)(C)C)ccn4)ccc3)c3ccccc32)c([2H])c1[2H].[Pt]. The summed E-state index contributed by atoms with van der Waals surface area (Å²) in [5.74, 6) is 0.489. The molecule has 0 saturated carbocycles. The standard InChI is InChI=1S/C64H45N5O.Pt/c1-64(2,3)45-36-37-65-62(38-45)69-56-33-15-12-28-52(56)53-40-60(68-54-31-13-10-26-50(54)51-27-11-14-32-55(51)68)61(41-59(53)69)70-47-25-18-24-46(39-47)66-42-67(58-35-17-16-34-57(58)66)63-48(43-20-6-4-7-21-43)29-19-30-49(63)44-22-8-5-9-23-44;/h4-38,40H,1-3H3;/q-2;/i4D,5D,6D,7D,8D,9D,10D,11D,13D,14D,20D,21D,22D,23D,26D,27D,31D,32D;. The van der Waals surface area contributed by atoms with Gasteiger partial charge < -0.3 is 18.4 Å². The average molecular weight is 1110 g/mol. The van der Waals surface area contributed by atoms with Crippen molar-refractivity contribution in [1.29, 1.82) is 0 Å². The summed E-state index contributed by atoms with van der Waals surface area (Å²) >= 11 is 0. The molecule has 4 heterocycles. The summed E-state index contributed by atoms with van der Waals surface area (Å²) in [4.78, 5) is 4.85. The maximum Gasteiger partial charge on any atom is 0.268 e. The molecule has 13 rings (SSSR count). The van der Waals surface area contributed by atoms with Gasteiger partial charge in [0.05, 0.1) is 41.4 Å². The van der Waals surface area contributed by atoms with Crippen LogP contribution in [0.15, 0.2) is 218 Å². The van der Waals surface area contributed by atoms with E-state index in [2.05, 4.69) is 39.2 Å². The molecule has 13 aromatic rings. The van der Waals surface area contributed by atoms with Crippen LogP contribution in [0.5, 0.6) is 11.5 Å². The Kier molecular flexibility index (Phi) is 7.03. The van der Waals surface area contributed by atoms with Crippen LogP contribution in [0.25, 0.3) is 99.8 Å². The molecule has 4 aromatic heterocycles. The van der Waals surface area contributed by atoms with Crippen LogP contribution in [0.1, 0.15) is 51.0 Å². The topological polar surface area (TPSA) is 40.8 Å². The van der Waals surface area contributed by atoms with Gasteiger partial charge in [0.2, 0.25) is 0 Å². The molecule has 0 radical (unpaired) electrons. The molecule has 6 nitrogen and oxygen atoms in total. The maximum absolute atomic E-state index is 9.45. The molecule has 344 valence electrons. The second-order valence-electron chi connectivity index (χ2n) is 17.5. The normalized spacial score (nSPS) is 15.3. The zero-order chi connectivity index (χ0) is 62.6. The molecule has 0 N–H and O–H groups in total. The first-order valence-corrected chi connectivity index (χ1v) is 22.2. The van der Waals surface area contributed by atoms with Crippen molar-refractivity contribution in [2.24, 2.45) is 0 Å². The van der Waals surface area contributed by atoms with E-state index in [1.54, 1.807) is 59.3 Å². The molecule has 71 heavy (non-hydrogen) atoms. The van der Waals surface area contributed by atoms with Crippen LogP contribution >= 0.6 is 0 Å². The predicted octanol–water partition coefficient (Wildman–Crippen LogP) is 15.3. The molecular weight excluding hydrogens is 1050 g/mol. The number of benzene rings is 9. The van der Waals surface area contributed by atoms with Gasteiger partial charge in [-0.3, -0.25) is 4.57 Å². The van der Waals surface area contributed by atoms with Gasteiger partial charge in [-0.2, -0.15) is 12.1 Å². The van der Waals surface area contributed by atoms with Crippen LogP contribution in [0, 0.1) is 18.5 Å². The molecule has 0 aliphatic heterocycles. The summed E-state index contributed by atoms with van der Waals surface area (Å²) in [5.41, 5.74) is 2.42.